The summed E-state index contributed by atoms with van der Waals surface area (Å²) in [6.45, 7) is 6.47. The molecule has 0 N–H and O–H groups in total. The van der Waals surface area contributed by atoms with Gasteiger partial charge in [-0.25, -0.2) is 13.2 Å². The molecule has 0 radical (unpaired) electrons. The molecule has 1 unspecified atom stereocenters. The number of fused-ring (bicyclic) bond motifs is 1. The van der Waals surface area contributed by atoms with Crippen LogP contribution in [0.5, 0.6) is 0 Å². The number of nitrogens with zero attached hydrogens (tertiary/aromatic N) is 5. The highest BCUT2D eigenvalue weighted by molar-refractivity contribution is 7.89. The Hall–Kier alpha value is -2.49. The molecule has 0 aliphatic carbocycles. The monoisotopic (exact) mass is 429 g/mol. The maximum Gasteiger partial charge on any atom is 0.351 e. The summed E-state index contributed by atoms with van der Waals surface area (Å²) in [7, 11) is -3.52. The standard InChI is InChI=1S/C21H27N5O3S/c1-3-17(2)18-7-9-19(10-8-18)30(28,29)24-14-12-23(13-15-24)16-26-21(27)25-11-5-4-6-20(25)22-26/h4-11,17H,3,12-16H2,1-2H3. The first-order chi connectivity index (χ1) is 14.4. The van der Waals surface area contributed by atoms with Gasteiger partial charge in [0.25, 0.3) is 0 Å². The molecule has 1 aromatic carbocycles. The van der Waals surface area contributed by atoms with Gasteiger partial charge in [0.1, 0.15) is 0 Å². The van der Waals surface area contributed by atoms with Crippen LogP contribution in [0.3, 0.4) is 0 Å². The van der Waals surface area contributed by atoms with Crippen molar-refractivity contribution in [1.29, 1.82) is 0 Å². The molecule has 3 heterocycles. The van der Waals surface area contributed by atoms with E-state index in [1.165, 1.54) is 13.4 Å². The summed E-state index contributed by atoms with van der Waals surface area (Å²) in [6, 6.07) is 12.7. The van der Waals surface area contributed by atoms with E-state index in [-0.39, 0.29) is 5.69 Å². The van der Waals surface area contributed by atoms with E-state index in [1.807, 2.05) is 23.1 Å². The fraction of sp³-hybridized carbons (Fsp3) is 0.429. The number of benzene rings is 1. The van der Waals surface area contributed by atoms with Crippen molar-refractivity contribution in [2.75, 3.05) is 26.2 Å². The van der Waals surface area contributed by atoms with E-state index in [2.05, 4.69) is 18.9 Å². The first-order valence-corrected chi connectivity index (χ1v) is 11.7. The topological polar surface area (TPSA) is 79.9 Å². The SMILES string of the molecule is CCC(C)c1ccc(S(=O)(=O)N2CCN(Cn3nc4ccccn4c3=O)CC2)cc1. The van der Waals surface area contributed by atoms with E-state index in [0.29, 0.717) is 49.3 Å². The summed E-state index contributed by atoms with van der Waals surface area (Å²) >= 11 is 0. The molecule has 3 aromatic rings. The fourth-order valence-electron chi connectivity index (χ4n) is 3.71. The molecule has 30 heavy (non-hydrogen) atoms. The van der Waals surface area contributed by atoms with E-state index in [4.69, 9.17) is 0 Å². The van der Waals surface area contributed by atoms with Crippen LogP contribution in [-0.2, 0) is 16.7 Å². The van der Waals surface area contributed by atoms with Crippen molar-refractivity contribution in [2.45, 2.75) is 37.8 Å². The molecule has 2 aromatic heterocycles. The molecule has 0 bridgehead atoms. The summed E-state index contributed by atoms with van der Waals surface area (Å²) in [6.07, 6.45) is 2.71. The van der Waals surface area contributed by atoms with Crippen LogP contribution in [0.15, 0.2) is 58.4 Å². The fourth-order valence-corrected chi connectivity index (χ4v) is 5.14. The molecule has 0 saturated carbocycles. The molecule has 1 saturated heterocycles. The van der Waals surface area contributed by atoms with Crippen LogP contribution >= 0.6 is 0 Å². The summed E-state index contributed by atoms with van der Waals surface area (Å²) in [5, 5.41) is 4.34. The van der Waals surface area contributed by atoms with Gasteiger partial charge in [0.15, 0.2) is 5.65 Å². The highest BCUT2D eigenvalue weighted by atomic mass is 32.2. The van der Waals surface area contributed by atoms with Crippen molar-refractivity contribution in [3.63, 3.8) is 0 Å². The Morgan fingerprint density at radius 2 is 1.73 bits per heavy atom. The van der Waals surface area contributed by atoms with Gasteiger partial charge >= 0.3 is 5.69 Å². The van der Waals surface area contributed by atoms with Crippen LogP contribution < -0.4 is 5.69 Å². The van der Waals surface area contributed by atoms with Gasteiger partial charge in [-0.1, -0.05) is 32.0 Å². The Labute approximate surface area is 176 Å². The first-order valence-electron chi connectivity index (χ1n) is 10.3. The molecule has 1 aliphatic heterocycles. The second-order valence-corrected chi connectivity index (χ2v) is 9.69. The second kappa shape index (κ2) is 8.33. The molecule has 160 valence electrons. The Balaban J connectivity index is 1.42. The summed E-state index contributed by atoms with van der Waals surface area (Å²) in [5.41, 5.74) is 1.56. The molecule has 1 aliphatic rings. The van der Waals surface area contributed by atoms with Crippen LogP contribution in [0.4, 0.5) is 0 Å². The highest BCUT2D eigenvalue weighted by Crippen LogP contribution is 2.23. The molecule has 1 fully saturated rings. The minimum atomic E-state index is -3.52. The largest absolute Gasteiger partial charge is 0.351 e. The van der Waals surface area contributed by atoms with Gasteiger partial charge in [0, 0.05) is 32.4 Å². The van der Waals surface area contributed by atoms with E-state index in [0.717, 1.165) is 12.0 Å². The molecular formula is C21H27N5O3S. The Morgan fingerprint density at radius 1 is 1.03 bits per heavy atom. The van der Waals surface area contributed by atoms with Gasteiger partial charge in [-0.3, -0.25) is 9.30 Å². The summed E-state index contributed by atoms with van der Waals surface area (Å²) in [4.78, 5) is 14.8. The van der Waals surface area contributed by atoms with Crippen molar-refractivity contribution in [2.24, 2.45) is 0 Å². The lowest BCUT2D eigenvalue weighted by atomic mass is 9.99. The minimum absolute atomic E-state index is 0.193. The molecule has 4 rings (SSSR count). The number of sulfonamides is 1. The maximum atomic E-state index is 13.0. The van der Waals surface area contributed by atoms with Gasteiger partial charge in [0.05, 0.1) is 11.6 Å². The second-order valence-electron chi connectivity index (χ2n) is 7.75. The van der Waals surface area contributed by atoms with Gasteiger partial charge in [-0.05, 0) is 42.2 Å². The minimum Gasteiger partial charge on any atom is -0.282 e. The van der Waals surface area contributed by atoms with Crippen molar-refractivity contribution >= 4 is 15.7 Å². The van der Waals surface area contributed by atoms with Crippen molar-refractivity contribution in [3.05, 3.63) is 64.7 Å². The third-order valence-electron chi connectivity index (χ3n) is 5.85. The average molecular weight is 430 g/mol. The molecule has 9 heteroatoms. The molecular weight excluding hydrogens is 402 g/mol. The van der Waals surface area contributed by atoms with E-state index in [1.54, 1.807) is 30.5 Å². The average Bonchev–Trinajstić information content (AvgIpc) is 3.09. The van der Waals surface area contributed by atoms with Gasteiger partial charge < -0.3 is 0 Å². The van der Waals surface area contributed by atoms with Crippen LogP contribution in [0.1, 0.15) is 31.7 Å². The van der Waals surface area contributed by atoms with Crippen molar-refractivity contribution in [3.8, 4) is 0 Å². The normalized spacial score (nSPS) is 17.4. The van der Waals surface area contributed by atoms with E-state index >= 15 is 0 Å². The molecule has 0 amide bonds. The van der Waals surface area contributed by atoms with Gasteiger partial charge in [-0.15, -0.1) is 5.10 Å². The first kappa shape index (κ1) is 20.8. The zero-order chi connectivity index (χ0) is 21.3. The number of pyridine rings is 1. The van der Waals surface area contributed by atoms with E-state index < -0.39 is 10.0 Å². The van der Waals surface area contributed by atoms with E-state index in [9.17, 15) is 13.2 Å². The highest BCUT2D eigenvalue weighted by Gasteiger charge is 2.29. The molecule has 0 spiro atoms. The van der Waals surface area contributed by atoms with Crippen molar-refractivity contribution < 1.29 is 8.42 Å². The quantitative estimate of drug-likeness (QED) is 0.599. The van der Waals surface area contributed by atoms with Crippen molar-refractivity contribution in [1.82, 2.24) is 23.4 Å². The number of hydrogen-bond donors (Lipinski definition) is 0. The van der Waals surface area contributed by atoms with Crippen LogP contribution in [0, 0.1) is 0 Å². The smallest absolute Gasteiger partial charge is 0.282 e. The van der Waals surface area contributed by atoms with Crippen LogP contribution in [0.25, 0.3) is 5.65 Å². The van der Waals surface area contributed by atoms with Gasteiger partial charge in [0.2, 0.25) is 10.0 Å². The number of hydrogen-bond acceptors (Lipinski definition) is 5. The zero-order valence-corrected chi connectivity index (χ0v) is 18.1. The van der Waals surface area contributed by atoms with Crippen LogP contribution in [0.2, 0.25) is 0 Å². The summed E-state index contributed by atoms with van der Waals surface area (Å²) in [5.74, 6) is 0.410. The van der Waals surface area contributed by atoms with Crippen LogP contribution in [-0.4, -0.2) is 58.0 Å². The Morgan fingerprint density at radius 3 is 2.37 bits per heavy atom. The maximum absolute atomic E-state index is 13.0. The Bertz CT molecular complexity index is 1180. The number of aromatic nitrogens is 3. The molecule has 8 nitrogen and oxygen atoms in total. The third-order valence-corrected chi connectivity index (χ3v) is 7.77. The lowest BCUT2D eigenvalue weighted by Crippen LogP contribution is -2.49. The Kier molecular flexibility index (Phi) is 5.77. The molecule has 1 atom stereocenters. The number of rotatable bonds is 6. The van der Waals surface area contributed by atoms with Gasteiger partial charge in [-0.2, -0.15) is 8.99 Å². The predicted octanol–water partition coefficient (Wildman–Crippen LogP) is 1.97. The third kappa shape index (κ3) is 3.92. The summed E-state index contributed by atoms with van der Waals surface area (Å²) < 4.78 is 30.5. The lowest BCUT2D eigenvalue weighted by molar-refractivity contribution is 0.144. The zero-order valence-electron chi connectivity index (χ0n) is 17.3. The number of piperazine rings is 1. The predicted molar refractivity (Wildman–Crippen MR) is 115 cm³/mol. The lowest BCUT2D eigenvalue weighted by Gasteiger charge is -2.33.